The van der Waals surface area contributed by atoms with Crippen molar-refractivity contribution >= 4 is 5.97 Å². The highest BCUT2D eigenvalue weighted by Gasteiger charge is 2.10. The van der Waals surface area contributed by atoms with Crippen molar-refractivity contribution in [2.45, 2.75) is 0 Å². The zero-order valence-electron chi connectivity index (χ0n) is 9.98. The molecule has 0 aliphatic heterocycles. The average Bonchev–Trinajstić information content (AvgIpc) is 2.38. The van der Waals surface area contributed by atoms with E-state index >= 15 is 0 Å². The summed E-state index contributed by atoms with van der Waals surface area (Å²) in [5.41, 5.74) is 0.647. The normalized spacial score (nSPS) is 10.3. The molecule has 2 rings (SSSR count). The highest BCUT2D eigenvalue weighted by atomic mass is 19.1. The number of aromatic carboxylic acids is 1. The molecular weight excluding hydrogens is 254 g/mol. The molecule has 0 aliphatic carbocycles. The Kier molecular flexibility index (Phi) is 3.46. The summed E-state index contributed by atoms with van der Waals surface area (Å²) in [6.45, 7) is 0. The van der Waals surface area contributed by atoms with Crippen molar-refractivity contribution in [1.29, 1.82) is 0 Å². The van der Waals surface area contributed by atoms with E-state index in [2.05, 4.69) is 0 Å². The first kappa shape index (κ1) is 13.0. The van der Waals surface area contributed by atoms with E-state index in [-0.39, 0.29) is 11.3 Å². The fourth-order valence-electron chi connectivity index (χ4n) is 1.72. The van der Waals surface area contributed by atoms with Crippen LogP contribution in [0.5, 0.6) is 5.75 Å². The number of carboxylic acid groups (broad SMARTS) is 1. The Hall–Kier alpha value is -2.43. The summed E-state index contributed by atoms with van der Waals surface area (Å²) in [6, 6.07) is 7.41. The fraction of sp³-hybridized carbons (Fsp3) is 0.0714. The van der Waals surface area contributed by atoms with Crippen molar-refractivity contribution in [2.75, 3.05) is 7.11 Å². The Labute approximate surface area is 108 Å². The van der Waals surface area contributed by atoms with E-state index in [0.29, 0.717) is 11.1 Å². The smallest absolute Gasteiger partial charge is 0.335 e. The number of rotatable bonds is 3. The van der Waals surface area contributed by atoms with Crippen LogP contribution in [0.1, 0.15) is 10.4 Å². The molecule has 0 heterocycles. The van der Waals surface area contributed by atoms with Crippen LogP contribution in [0.4, 0.5) is 8.78 Å². The second-order valence-electron chi connectivity index (χ2n) is 3.88. The Bertz CT molecular complexity index is 639. The Morgan fingerprint density at radius 2 is 1.84 bits per heavy atom. The molecule has 0 saturated carbocycles. The lowest BCUT2D eigenvalue weighted by atomic mass is 10.0. The molecule has 0 radical (unpaired) electrons. The van der Waals surface area contributed by atoms with E-state index in [1.807, 2.05) is 0 Å². The Morgan fingerprint density at radius 3 is 2.47 bits per heavy atom. The summed E-state index contributed by atoms with van der Waals surface area (Å²) < 4.78 is 31.5. The number of halogens is 2. The highest BCUT2D eigenvalue weighted by molar-refractivity contribution is 5.89. The molecule has 0 spiro atoms. The number of benzene rings is 2. The number of ether oxygens (including phenoxy) is 1. The standard InChI is InChI=1S/C14H10F2O3/c1-19-13-7-8(2-3-12(13)16)9-4-10(14(17)18)6-11(15)5-9/h2-7H,1H3,(H,17,18). The third-order valence-corrected chi connectivity index (χ3v) is 2.63. The molecule has 0 fully saturated rings. The van der Waals surface area contributed by atoms with Gasteiger partial charge in [0.2, 0.25) is 0 Å². The van der Waals surface area contributed by atoms with Gasteiger partial charge >= 0.3 is 5.97 Å². The minimum absolute atomic E-state index is 0.0126. The third kappa shape index (κ3) is 2.70. The second kappa shape index (κ2) is 5.06. The van der Waals surface area contributed by atoms with Gasteiger partial charge in [0.15, 0.2) is 11.6 Å². The van der Waals surface area contributed by atoms with Gasteiger partial charge in [0.1, 0.15) is 5.82 Å². The lowest BCUT2D eigenvalue weighted by Crippen LogP contribution is -1.98. The van der Waals surface area contributed by atoms with Crippen LogP contribution in [0.3, 0.4) is 0 Å². The second-order valence-corrected chi connectivity index (χ2v) is 3.88. The van der Waals surface area contributed by atoms with Gasteiger partial charge in [-0.2, -0.15) is 0 Å². The predicted octanol–water partition coefficient (Wildman–Crippen LogP) is 3.34. The van der Waals surface area contributed by atoms with Crippen LogP contribution in [0.15, 0.2) is 36.4 Å². The van der Waals surface area contributed by atoms with E-state index in [4.69, 9.17) is 9.84 Å². The van der Waals surface area contributed by atoms with Gasteiger partial charge in [-0.15, -0.1) is 0 Å². The number of hydrogen-bond donors (Lipinski definition) is 1. The molecule has 2 aromatic rings. The lowest BCUT2D eigenvalue weighted by Gasteiger charge is -2.07. The van der Waals surface area contributed by atoms with E-state index in [0.717, 1.165) is 6.07 Å². The van der Waals surface area contributed by atoms with Gasteiger partial charge < -0.3 is 9.84 Å². The summed E-state index contributed by atoms with van der Waals surface area (Å²) in [5, 5.41) is 8.87. The first-order chi connectivity index (χ1) is 9.01. The van der Waals surface area contributed by atoms with Crippen molar-refractivity contribution in [3.05, 3.63) is 53.6 Å². The SMILES string of the molecule is COc1cc(-c2cc(F)cc(C(=O)O)c2)ccc1F. The molecule has 2 aromatic carbocycles. The van der Waals surface area contributed by atoms with Gasteiger partial charge in [-0.3, -0.25) is 0 Å². The van der Waals surface area contributed by atoms with Gasteiger partial charge in [-0.25, -0.2) is 13.6 Å². The maximum absolute atomic E-state index is 13.4. The van der Waals surface area contributed by atoms with Crippen LogP contribution >= 0.6 is 0 Å². The van der Waals surface area contributed by atoms with Gasteiger partial charge in [0.05, 0.1) is 12.7 Å². The van der Waals surface area contributed by atoms with Crippen molar-refractivity contribution in [3.63, 3.8) is 0 Å². The first-order valence-corrected chi connectivity index (χ1v) is 5.39. The zero-order chi connectivity index (χ0) is 14.0. The van der Waals surface area contributed by atoms with Gasteiger partial charge in [0, 0.05) is 0 Å². The van der Waals surface area contributed by atoms with Gasteiger partial charge in [-0.1, -0.05) is 6.07 Å². The molecule has 5 heteroatoms. The van der Waals surface area contributed by atoms with E-state index in [9.17, 15) is 13.6 Å². The maximum Gasteiger partial charge on any atom is 0.335 e. The topological polar surface area (TPSA) is 46.5 Å². The van der Waals surface area contributed by atoms with Crippen LogP contribution < -0.4 is 4.74 Å². The van der Waals surface area contributed by atoms with Crippen molar-refractivity contribution < 1.29 is 23.4 Å². The maximum atomic E-state index is 13.4. The van der Waals surface area contributed by atoms with E-state index in [1.54, 1.807) is 0 Å². The van der Waals surface area contributed by atoms with Crippen molar-refractivity contribution in [3.8, 4) is 16.9 Å². The third-order valence-electron chi connectivity index (χ3n) is 2.63. The molecule has 0 aromatic heterocycles. The van der Waals surface area contributed by atoms with Crippen LogP contribution in [0, 0.1) is 11.6 Å². The molecule has 0 amide bonds. The van der Waals surface area contributed by atoms with E-state index < -0.39 is 17.6 Å². The van der Waals surface area contributed by atoms with Crippen LogP contribution in [-0.4, -0.2) is 18.2 Å². The van der Waals surface area contributed by atoms with Gasteiger partial charge in [0.25, 0.3) is 0 Å². The summed E-state index contributed by atoms with van der Waals surface area (Å²) >= 11 is 0. The molecule has 19 heavy (non-hydrogen) atoms. The highest BCUT2D eigenvalue weighted by Crippen LogP contribution is 2.27. The molecule has 1 N–H and O–H groups in total. The Morgan fingerprint density at radius 1 is 1.11 bits per heavy atom. The minimum atomic E-state index is -1.23. The van der Waals surface area contributed by atoms with Crippen molar-refractivity contribution in [1.82, 2.24) is 0 Å². The van der Waals surface area contributed by atoms with Gasteiger partial charge in [-0.05, 0) is 41.5 Å². The molecule has 98 valence electrons. The average molecular weight is 264 g/mol. The predicted molar refractivity (Wildman–Crippen MR) is 65.3 cm³/mol. The first-order valence-electron chi connectivity index (χ1n) is 5.39. The van der Waals surface area contributed by atoms with Crippen LogP contribution in [0.25, 0.3) is 11.1 Å². The number of carbonyl (C=O) groups is 1. The number of carboxylic acids is 1. The lowest BCUT2D eigenvalue weighted by molar-refractivity contribution is 0.0696. The van der Waals surface area contributed by atoms with Crippen LogP contribution in [0.2, 0.25) is 0 Å². The van der Waals surface area contributed by atoms with Crippen molar-refractivity contribution in [2.24, 2.45) is 0 Å². The summed E-state index contributed by atoms with van der Waals surface area (Å²) in [6.07, 6.45) is 0. The largest absolute Gasteiger partial charge is 0.494 e. The molecule has 3 nitrogen and oxygen atoms in total. The molecule has 0 unspecified atom stereocenters. The monoisotopic (exact) mass is 264 g/mol. The summed E-state index contributed by atoms with van der Waals surface area (Å²) in [5.74, 6) is -2.42. The zero-order valence-corrected chi connectivity index (χ0v) is 9.98. The molecular formula is C14H10F2O3. The summed E-state index contributed by atoms with van der Waals surface area (Å²) in [4.78, 5) is 10.9. The fourth-order valence-corrected chi connectivity index (χ4v) is 1.72. The minimum Gasteiger partial charge on any atom is -0.494 e. The van der Waals surface area contributed by atoms with E-state index in [1.165, 1.54) is 37.4 Å². The molecule has 0 atom stereocenters. The molecule has 0 aliphatic rings. The molecule has 0 bridgehead atoms. The number of hydrogen-bond acceptors (Lipinski definition) is 2. The molecule has 0 saturated heterocycles. The summed E-state index contributed by atoms with van der Waals surface area (Å²) in [7, 11) is 1.32. The Balaban J connectivity index is 2.55. The quantitative estimate of drug-likeness (QED) is 0.924. The number of methoxy groups -OCH3 is 1. The van der Waals surface area contributed by atoms with Crippen LogP contribution in [-0.2, 0) is 0 Å².